The lowest BCUT2D eigenvalue weighted by atomic mass is 10.2. The average Bonchev–Trinajstić information content (AvgIpc) is 3.05. The number of benzene rings is 1. The number of para-hydroxylation sites is 1. The highest BCUT2D eigenvalue weighted by Crippen LogP contribution is 2.21. The molecule has 1 aliphatic rings. The molecule has 1 aromatic heterocycles. The Bertz CT molecular complexity index is 723. The number of carbonyl (C=O) groups is 1. The van der Waals surface area contributed by atoms with Gasteiger partial charge in [0.05, 0.1) is 5.69 Å². The van der Waals surface area contributed by atoms with Crippen molar-refractivity contribution in [1.29, 1.82) is 0 Å². The number of hydrogen-bond donors (Lipinski definition) is 2. The predicted molar refractivity (Wildman–Crippen MR) is 88.6 cm³/mol. The molecule has 1 aliphatic heterocycles. The minimum absolute atomic E-state index is 0.162. The van der Waals surface area contributed by atoms with Gasteiger partial charge in [-0.05, 0) is 12.1 Å². The number of amides is 1. The van der Waals surface area contributed by atoms with Gasteiger partial charge in [-0.2, -0.15) is 5.21 Å². The molecule has 126 valence electrons. The van der Waals surface area contributed by atoms with Crippen LogP contribution in [-0.2, 0) is 0 Å². The third-order valence-corrected chi connectivity index (χ3v) is 3.92. The fourth-order valence-corrected chi connectivity index (χ4v) is 2.62. The maximum absolute atomic E-state index is 13.8. The second-order valence-electron chi connectivity index (χ2n) is 5.51. The Morgan fingerprint density at radius 1 is 1.29 bits per heavy atom. The van der Waals surface area contributed by atoms with Gasteiger partial charge in [0.25, 0.3) is 5.91 Å². The molecule has 0 saturated carbocycles. The van der Waals surface area contributed by atoms with Crippen molar-refractivity contribution in [2.75, 3.05) is 38.0 Å². The number of hydrogen-bond acceptors (Lipinski definition) is 5. The number of nitrogens with zero attached hydrogens (tertiary/aromatic N) is 4. The lowest BCUT2D eigenvalue weighted by Crippen LogP contribution is -2.48. The van der Waals surface area contributed by atoms with Gasteiger partial charge in [0.15, 0.2) is 11.5 Å². The first-order valence-corrected chi connectivity index (χ1v) is 7.74. The number of carbonyl (C=O) groups excluding carboxylic acids is 1. The standard InChI is InChI=1S/C16H19FN6O/c1-2-7-22-8-10-23(11-9-22)16(24)14-15(20-21-19-14)18-13-6-4-3-5-12(13)17/h2-6H,1,7-11H2,(H2,18,19,20,21). The first-order valence-electron chi connectivity index (χ1n) is 7.74. The minimum Gasteiger partial charge on any atom is -0.335 e. The highest BCUT2D eigenvalue weighted by Gasteiger charge is 2.26. The molecule has 7 nitrogen and oxygen atoms in total. The summed E-state index contributed by atoms with van der Waals surface area (Å²) in [4.78, 5) is 16.6. The van der Waals surface area contributed by atoms with E-state index in [1.165, 1.54) is 6.07 Å². The third kappa shape index (κ3) is 3.43. The quantitative estimate of drug-likeness (QED) is 0.815. The van der Waals surface area contributed by atoms with Crippen LogP contribution in [0.2, 0.25) is 0 Å². The first-order chi connectivity index (χ1) is 11.7. The zero-order valence-corrected chi connectivity index (χ0v) is 13.2. The number of aromatic amines is 1. The summed E-state index contributed by atoms with van der Waals surface area (Å²) in [5, 5.41) is 13.1. The van der Waals surface area contributed by atoms with Crippen LogP contribution in [0.3, 0.4) is 0 Å². The average molecular weight is 330 g/mol. The summed E-state index contributed by atoms with van der Waals surface area (Å²) in [7, 11) is 0. The van der Waals surface area contributed by atoms with Gasteiger partial charge < -0.3 is 10.2 Å². The molecule has 2 N–H and O–H groups in total. The number of anilines is 2. The molecule has 0 bridgehead atoms. The third-order valence-electron chi connectivity index (χ3n) is 3.92. The highest BCUT2D eigenvalue weighted by atomic mass is 19.1. The number of rotatable bonds is 5. The van der Waals surface area contributed by atoms with Gasteiger partial charge in [-0.1, -0.05) is 18.2 Å². The Morgan fingerprint density at radius 2 is 2.04 bits per heavy atom. The predicted octanol–water partition coefficient (Wildman–Crippen LogP) is 1.63. The molecule has 8 heteroatoms. The Labute approximate surface area is 139 Å². The number of halogens is 1. The Hall–Kier alpha value is -2.74. The van der Waals surface area contributed by atoms with Gasteiger partial charge in [0.2, 0.25) is 0 Å². The zero-order valence-electron chi connectivity index (χ0n) is 13.2. The minimum atomic E-state index is -0.420. The molecule has 1 aromatic carbocycles. The molecular weight excluding hydrogens is 311 g/mol. The van der Waals surface area contributed by atoms with Gasteiger partial charge in [-0.15, -0.1) is 16.8 Å². The molecule has 0 unspecified atom stereocenters. The fraction of sp³-hybridized carbons (Fsp3) is 0.312. The van der Waals surface area contributed by atoms with Crippen LogP contribution in [-0.4, -0.2) is 63.8 Å². The summed E-state index contributed by atoms with van der Waals surface area (Å²) in [6.45, 7) is 7.32. The van der Waals surface area contributed by atoms with Crippen molar-refractivity contribution in [3.63, 3.8) is 0 Å². The van der Waals surface area contributed by atoms with Crippen LogP contribution in [0.1, 0.15) is 10.5 Å². The summed E-state index contributed by atoms with van der Waals surface area (Å²) >= 11 is 0. The molecule has 0 spiro atoms. The highest BCUT2D eigenvalue weighted by molar-refractivity contribution is 5.97. The molecule has 1 saturated heterocycles. The van der Waals surface area contributed by atoms with Crippen LogP contribution in [0.5, 0.6) is 0 Å². The van der Waals surface area contributed by atoms with E-state index in [9.17, 15) is 9.18 Å². The van der Waals surface area contributed by atoms with E-state index < -0.39 is 5.82 Å². The first kappa shape index (κ1) is 16.1. The van der Waals surface area contributed by atoms with Gasteiger partial charge in [0.1, 0.15) is 5.82 Å². The topological polar surface area (TPSA) is 77.2 Å². The lowest BCUT2D eigenvalue weighted by molar-refractivity contribution is 0.0645. The van der Waals surface area contributed by atoms with Crippen LogP contribution < -0.4 is 5.32 Å². The molecule has 2 aromatic rings. The second-order valence-corrected chi connectivity index (χ2v) is 5.51. The molecule has 0 radical (unpaired) electrons. The number of H-pyrrole nitrogens is 1. The zero-order chi connectivity index (χ0) is 16.9. The van der Waals surface area contributed by atoms with Crippen LogP contribution in [0.15, 0.2) is 36.9 Å². The van der Waals surface area contributed by atoms with Crippen molar-refractivity contribution in [3.05, 3.63) is 48.4 Å². The Balaban J connectivity index is 1.70. The maximum Gasteiger partial charge on any atom is 0.278 e. The molecule has 1 amide bonds. The number of aromatic nitrogens is 3. The van der Waals surface area contributed by atoms with Crippen molar-refractivity contribution in [2.24, 2.45) is 0 Å². The van der Waals surface area contributed by atoms with E-state index in [1.807, 2.05) is 6.08 Å². The van der Waals surface area contributed by atoms with Crippen LogP contribution in [0.4, 0.5) is 15.9 Å². The molecule has 0 atom stereocenters. The van der Waals surface area contributed by atoms with Crippen molar-refractivity contribution in [3.8, 4) is 0 Å². The summed E-state index contributed by atoms with van der Waals surface area (Å²) in [6, 6.07) is 6.21. The van der Waals surface area contributed by atoms with E-state index in [4.69, 9.17) is 0 Å². The van der Waals surface area contributed by atoms with Crippen molar-refractivity contribution in [1.82, 2.24) is 25.2 Å². The van der Waals surface area contributed by atoms with E-state index in [-0.39, 0.29) is 23.1 Å². The van der Waals surface area contributed by atoms with E-state index in [0.29, 0.717) is 13.1 Å². The van der Waals surface area contributed by atoms with Crippen molar-refractivity contribution >= 4 is 17.4 Å². The molecule has 0 aliphatic carbocycles. The SMILES string of the molecule is C=CCN1CCN(C(=O)c2n[nH]nc2Nc2ccccc2F)CC1. The van der Waals surface area contributed by atoms with E-state index in [2.05, 4.69) is 32.2 Å². The van der Waals surface area contributed by atoms with Crippen LogP contribution >= 0.6 is 0 Å². The molecular formula is C16H19FN6O. The largest absolute Gasteiger partial charge is 0.335 e. The van der Waals surface area contributed by atoms with E-state index in [0.717, 1.165) is 19.6 Å². The lowest BCUT2D eigenvalue weighted by Gasteiger charge is -2.33. The van der Waals surface area contributed by atoms with E-state index in [1.54, 1.807) is 23.1 Å². The summed E-state index contributed by atoms with van der Waals surface area (Å²) in [5.41, 5.74) is 0.409. The second kappa shape index (κ2) is 7.22. The molecule has 2 heterocycles. The maximum atomic E-state index is 13.8. The summed E-state index contributed by atoms with van der Waals surface area (Å²) in [6.07, 6.45) is 1.85. The van der Waals surface area contributed by atoms with Crippen LogP contribution in [0, 0.1) is 5.82 Å². The smallest absolute Gasteiger partial charge is 0.278 e. The van der Waals surface area contributed by atoms with Crippen LogP contribution in [0.25, 0.3) is 0 Å². The van der Waals surface area contributed by atoms with Gasteiger partial charge in [-0.25, -0.2) is 4.39 Å². The van der Waals surface area contributed by atoms with Gasteiger partial charge in [-0.3, -0.25) is 9.69 Å². The Kier molecular flexibility index (Phi) is 4.85. The van der Waals surface area contributed by atoms with E-state index >= 15 is 0 Å². The Morgan fingerprint density at radius 3 is 2.75 bits per heavy atom. The monoisotopic (exact) mass is 330 g/mol. The molecule has 3 rings (SSSR count). The van der Waals surface area contributed by atoms with Crippen molar-refractivity contribution < 1.29 is 9.18 Å². The molecule has 24 heavy (non-hydrogen) atoms. The van der Waals surface area contributed by atoms with Gasteiger partial charge in [0, 0.05) is 32.7 Å². The summed E-state index contributed by atoms with van der Waals surface area (Å²) < 4.78 is 13.8. The molecule has 1 fully saturated rings. The van der Waals surface area contributed by atoms with Gasteiger partial charge >= 0.3 is 0 Å². The van der Waals surface area contributed by atoms with Crippen molar-refractivity contribution in [2.45, 2.75) is 0 Å². The number of nitrogens with one attached hydrogen (secondary N) is 2. The fourth-order valence-electron chi connectivity index (χ4n) is 2.62. The summed E-state index contributed by atoms with van der Waals surface area (Å²) in [5.74, 6) is -0.420. The normalized spacial score (nSPS) is 15.3. The number of piperazine rings is 1.